The Morgan fingerprint density at radius 3 is 2.70 bits per heavy atom. The molecule has 2 heterocycles. The monoisotopic (exact) mass is 295 g/mol. The highest BCUT2D eigenvalue weighted by Gasteiger charge is 2.09. The standard InChI is InChI=1S/C12H13N3O4S/c1-7-6-20-10(15-7)5-14-12(18)13-4-8-2-3-9(19-8)11(16)17/h2-3,6H,4-5H2,1H3,(H,16,17)(H2,13,14,18). The van der Waals surface area contributed by atoms with Crippen molar-refractivity contribution in [3.8, 4) is 0 Å². The number of aromatic nitrogens is 1. The minimum Gasteiger partial charge on any atom is -0.475 e. The predicted molar refractivity (Wildman–Crippen MR) is 71.6 cm³/mol. The van der Waals surface area contributed by atoms with E-state index in [-0.39, 0.29) is 18.3 Å². The second-order valence-electron chi connectivity index (χ2n) is 3.99. The van der Waals surface area contributed by atoms with E-state index < -0.39 is 5.97 Å². The van der Waals surface area contributed by atoms with Gasteiger partial charge in [-0.15, -0.1) is 11.3 Å². The molecule has 0 aliphatic rings. The van der Waals surface area contributed by atoms with Gasteiger partial charge in [-0.2, -0.15) is 0 Å². The number of amides is 2. The predicted octanol–water partition coefficient (Wildman–Crippen LogP) is 1.74. The van der Waals surface area contributed by atoms with Gasteiger partial charge in [0.1, 0.15) is 10.8 Å². The summed E-state index contributed by atoms with van der Waals surface area (Å²) >= 11 is 1.48. The minimum atomic E-state index is -1.14. The van der Waals surface area contributed by atoms with Crippen LogP contribution in [0.15, 0.2) is 21.9 Å². The number of carbonyl (C=O) groups is 2. The third kappa shape index (κ3) is 3.82. The molecule has 0 saturated carbocycles. The van der Waals surface area contributed by atoms with Gasteiger partial charge in [0.25, 0.3) is 0 Å². The molecular formula is C12H13N3O4S. The average molecular weight is 295 g/mol. The lowest BCUT2D eigenvalue weighted by Gasteiger charge is -2.04. The van der Waals surface area contributed by atoms with E-state index in [0.29, 0.717) is 12.3 Å². The molecule has 0 aromatic carbocycles. The quantitative estimate of drug-likeness (QED) is 0.779. The highest BCUT2D eigenvalue weighted by molar-refractivity contribution is 7.09. The lowest BCUT2D eigenvalue weighted by Crippen LogP contribution is -2.34. The fourth-order valence-corrected chi connectivity index (χ4v) is 2.17. The first-order chi connectivity index (χ1) is 9.54. The normalized spacial score (nSPS) is 10.2. The molecule has 3 N–H and O–H groups in total. The maximum absolute atomic E-state index is 11.5. The van der Waals surface area contributed by atoms with Crippen molar-refractivity contribution in [2.75, 3.05) is 0 Å². The Morgan fingerprint density at radius 2 is 2.10 bits per heavy atom. The van der Waals surface area contributed by atoms with Crippen molar-refractivity contribution in [2.45, 2.75) is 20.0 Å². The number of nitrogens with one attached hydrogen (secondary N) is 2. The van der Waals surface area contributed by atoms with Crippen LogP contribution in [0.2, 0.25) is 0 Å². The number of hydrogen-bond donors (Lipinski definition) is 3. The number of thiazole rings is 1. The molecule has 0 bridgehead atoms. The van der Waals surface area contributed by atoms with Crippen LogP contribution >= 0.6 is 11.3 Å². The number of furan rings is 1. The highest BCUT2D eigenvalue weighted by Crippen LogP contribution is 2.08. The van der Waals surface area contributed by atoms with Crippen LogP contribution in [0.25, 0.3) is 0 Å². The van der Waals surface area contributed by atoms with E-state index in [2.05, 4.69) is 15.6 Å². The topological polar surface area (TPSA) is 104 Å². The molecule has 0 unspecified atom stereocenters. The van der Waals surface area contributed by atoms with E-state index >= 15 is 0 Å². The molecule has 0 fully saturated rings. The summed E-state index contributed by atoms with van der Waals surface area (Å²) in [5, 5.41) is 16.6. The number of aromatic carboxylic acids is 1. The smallest absolute Gasteiger partial charge is 0.371 e. The molecular weight excluding hydrogens is 282 g/mol. The van der Waals surface area contributed by atoms with E-state index in [1.54, 1.807) is 0 Å². The van der Waals surface area contributed by atoms with E-state index in [1.165, 1.54) is 23.5 Å². The van der Waals surface area contributed by atoms with Gasteiger partial charge in [-0.1, -0.05) is 0 Å². The van der Waals surface area contributed by atoms with Crippen molar-refractivity contribution >= 4 is 23.3 Å². The van der Waals surface area contributed by atoms with Crippen molar-refractivity contribution in [3.05, 3.63) is 39.7 Å². The van der Waals surface area contributed by atoms with Gasteiger partial charge < -0.3 is 20.2 Å². The summed E-state index contributed by atoms with van der Waals surface area (Å²) in [4.78, 5) is 26.4. The number of carbonyl (C=O) groups excluding carboxylic acids is 1. The summed E-state index contributed by atoms with van der Waals surface area (Å²) in [5.41, 5.74) is 0.920. The molecule has 0 radical (unpaired) electrons. The Kier molecular flexibility index (Phi) is 4.36. The van der Waals surface area contributed by atoms with E-state index in [1.807, 2.05) is 12.3 Å². The highest BCUT2D eigenvalue weighted by atomic mass is 32.1. The van der Waals surface area contributed by atoms with Crippen LogP contribution < -0.4 is 10.6 Å². The summed E-state index contributed by atoms with van der Waals surface area (Å²) in [6.45, 7) is 2.36. The maximum Gasteiger partial charge on any atom is 0.371 e. The molecule has 0 aliphatic carbocycles. The number of nitrogens with zero attached hydrogens (tertiary/aromatic N) is 1. The van der Waals surface area contributed by atoms with Crippen LogP contribution in [0, 0.1) is 6.92 Å². The van der Waals surface area contributed by atoms with Crippen LogP contribution in [0.4, 0.5) is 4.79 Å². The molecule has 0 aliphatic heterocycles. The van der Waals surface area contributed by atoms with E-state index in [0.717, 1.165) is 10.7 Å². The number of rotatable bonds is 5. The summed E-state index contributed by atoms with van der Waals surface area (Å²) in [6.07, 6.45) is 0. The molecule has 7 nitrogen and oxygen atoms in total. The fraction of sp³-hybridized carbons (Fsp3) is 0.250. The molecule has 2 amide bonds. The van der Waals surface area contributed by atoms with Gasteiger partial charge in [0.2, 0.25) is 5.76 Å². The third-order valence-corrected chi connectivity index (χ3v) is 3.33. The zero-order valence-corrected chi connectivity index (χ0v) is 11.5. The average Bonchev–Trinajstić information content (AvgIpc) is 3.03. The summed E-state index contributed by atoms with van der Waals surface area (Å²) < 4.78 is 5.01. The number of aryl methyl sites for hydroxylation is 1. The van der Waals surface area contributed by atoms with E-state index in [4.69, 9.17) is 9.52 Å². The van der Waals surface area contributed by atoms with Crippen molar-refractivity contribution < 1.29 is 19.1 Å². The molecule has 20 heavy (non-hydrogen) atoms. The molecule has 2 aromatic rings. The number of hydrogen-bond acceptors (Lipinski definition) is 5. The lowest BCUT2D eigenvalue weighted by molar-refractivity contribution is 0.0660. The Morgan fingerprint density at radius 1 is 1.35 bits per heavy atom. The van der Waals surface area contributed by atoms with Gasteiger partial charge in [-0.05, 0) is 19.1 Å². The van der Waals surface area contributed by atoms with Gasteiger partial charge >= 0.3 is 12.0 Å². The molecule has 2 aromatic heterocycles. The minimum absolute atomic E-state index is 0.121. The van der Waals surface area contributed by atoms with Gasteiger partial charge in [0.15, 0.2) is 0 Å². The number of carboxylic acid groups (broad SMARTS) is 1. The Balaban J connectivity index is 1.75. The second-order valence-corrected chi connectivity index (χ2v) is 4.93. The van der Waals surface area contributed by atoms with Gasteiger partial charge in [-0.25, -0.2) is 14.6 Å². The largest absolute Gasteiger partial charge is 0.475 e. The molecule has 8 heteroatoms. The van der Waals surface area contributed by atoms with Gasteiger partial charge in [0.05, 0.1) is 13.1 Å². The Bertz CT molecular complexity index is 620. The molecule has 0 spiro atoms. The van der Waals surface area contributed by atoms with Gasteiger partial charge in [-0.3, -0.25) is 0 Å². The van der Waals surface area contributed by atoms with Crippen molar-refractivity contribution in [1.29, 1.82) is 0 Å². The summed E-state index contributed by atoms with van der Waals surface area (Å²) in [6, 6.07) is 2.48. The first-order valence-electron chi connectivity index (χ1n) is 5.79. The Labute approximate surface area is 118 Å². The maximum atomic E-state index is 11.5. The van der Waals surface area contributed by atoms with Crippen LogP contribution in [0.3, 0.4) is 0 Å². The van der Waals surface area contributed by atoms with Crippen LogP contribution in [-0.2, 0) is 13.1 Å². The second kappa shape index (κ2) is 6.20. The SMILES string of the molecule is Cc1csc(CNC(=O)NCc2ccc(C(=O)O)o2)n1. The number of urea groups is 1. The fourth-order valence-electron chi connectivity index (χ4n) is 1.46. The zero-order valence-electron chi connectivity index (χ0n) is 10.7. The van der Waals surface area contributed by atoms with E-state index in [9.17, 15) is 9.59 Å². The van der Waals surface area contributed by atoms with Crippen molar-refractivity contribution in [3.63, 3.8) is 0 Å². The van der Waals surface area contributed by atoms with Crippen molar-refractivity contribution in [2.24, 2.45) is 0 Å². The first-order valence-corrected chi connectivity index (χ1v) is 6.67. The van der Waals surface area contributed by atoms with Crippen LogP contribution in [-0.4, -0.2) is 22.1 Å². The summed E-state index contributed by atoms with van der Waals surface area (Å²) in [7, 11) is 0. The Hall–Kier alpha value is -2.35. The zero-order chi connectivity index (χ0) is 14.5. The molecule has 0 atom stereocenters. The van der Waals surface area contributed by atoms with Crippen LogP contribution in [0.1, 0.15) is 27.0 Å². The molecule has 106 valence electrons. The molecule has 0 saturated heterocycles. The van der Waals surface area contributed by atoms with Gasteiger partial charge in [0, 0.05) is 11.1 Å². The van der Waals surface area contributed by atoms with Crippen LogP contribution in [0.5, 0.6) is 0 Å². The third-order valence-electron chi connectivity index (χ3n) is 2.36. The lowest BCUT2D eigenvalue weighted by atomic mass is 10.4. The first kappa shape index (κ1) is 14.1. The number of carboxylic acids is 1. The van der Waals surface area contributed by atoms with Crippen molar-refractivity contribution in [1.82, 2.24) is 15.6 Å². The molecule has 2 rings (SSSR count). The summed E-state index contributed by atoms with van der Waals surface area (Å²) in [5.74, 6) is -0.914.